The van der Waals surface area contributed by atoms with Crippen LogP contribution in [0.1, 0.15) is 10.4 Å². The summed E-state index contributed by atoms with van der Waals surface area (Å²) in [6.07, 6.45) is 1.42. The van der Waals surface area contributed by atoms with Crippen molar-refractivity contribution in [1.82, 2.24) is 14.7 Å². The number of carbonyl (C=O) groups excluding carboxylic acids is 1. The highest BCUT2D eigenvalue weighted by Crippen LogP contribution is 2.25. The summed E-state index contributed by atoms with van der Waals surface area (Å²) >= 11 is 0. The summed E-state index contributed by atoms with van der Waals surface area (Å²) in [6.45, 7) is 0. The van der Waals surface area contributed by atoms with Crippen LogP contribution in [0.5, 0.6) is 5.88 Å². The van der Waals surface area contributed by atoms with E-state index >= 15 is 0 Å². The molecule has 0 radical (unpaired) electrons. The van der Waals surface area contributed by atoms with Gasteiger partial charge in [-0.05, 0) is 6.07 Å². The maximum Gasteiger partial charge on any atom is 0.340 e. The second-order valence-corrected chi connectivity index (χ2v) is 4.25. The van der Waals surface area contributed by atoms with Crippen LogP contribution in [0.4, 0.5) is 8.78 Å². The van der Waals surface area contributed by atoms with Gasteiger partial charge < -0.3 is 9.57 Å². The molecule has 8 heteroatoms. The molecule has 2 heterocycles. The van der Waals surface area contributed by atoms with Crippen LogP contribution in [0.2, 0.25) is 0 Å². The van der Waals surface area contributed by atoms with Gasteiger partial charge in [-0.2, -0.15) is 14.1 Å². The number of carbonyl (C=O) groups is 1. The topological polar surface area (TPSA) is 66.2 Å². The van der Waals surface area contributed by atoms with Crippen LogP contribution in [0.3, 0.4) is 0 Å². The Hall–Kier alpha value is -3.03. The molecule has 2 aromatic heterocycles. The maximum atomic E-state index is 14.0. The van der Waals surface area contributed by atoms with E-state index in [4.69, 9.17) is 4.84 Å². The molecule has 0 amide bonds. The van der Waals surface area contributed by atoms with Gasteiger partial charge in [-0.25, -0.2) is 14.2 Å². The molecule has 0 bridgehead atoms. The molecule has 3 rings (SSSR count). The van der Waals surface area contributed by atoms with Gasteiger partial charge in [-0.1, -0.05) is 12.1 Å². The fourth-order valence-electron chi connectivity index (χ4n) is 2.02. The SMILES string of the molecule is COC(=O)c1cn(Oc2ccnc(F)n2)c2c(F)cccc12. The first kappa shape index (κ1) is 13.9. The zero-order valence-corrected chi connectivity index (χ0v) is 11.3. The molecule has 0 aliphatic carbocycles. The molecule has 0 unspecified atom stereocenters. The second kappa shape index (κ2) is 5.40. The Balaban J connectivity index is 2.15. The standard InChI is InChI=1S/C14H9F2N3O3/c1-21-13(20)9-7-19(12-8(9)3-2-4-10(12)15)22-11-5-6-17-14(16)18-11/h2-7H,1H3. The van der Waals surface area contributed by atoms with Crippen LogP contribution in [0.15, 0.2) is 36.7 Å². The number of esters is 1. The number of para-hydroxylation sites is 1. The lowest BCUT2D eigenvalue weighted by Crippen LogP contribution is -2.07. The molecule has 6 nitrogen and oxygen atoms in total. The summed E-state index contributed by atoms with van der Waals surface area (Å²) < 4.78 is 32.7. The summed E-state index contributed by atoms with van der Waals surface area (Å²) in [7, 11) is 1.21. The minimum Gasteiger partial charge on any atom is -0.465 e. The highest BCUT2D eigenvalue weighted by Gasteiger charge is 2.19. The number of ether oxygens (including phenoxy) is 1. The van der Waals surface area contributed by atoms with Gasteiger partial charge in [0.15, 0.2) is 5.82 Å². The number of rotatable bonds is 3. The fraction of sp³-hybridized carbons (Fsp3) is 0.0714. The van der Waals surface area contributed by atoms with Crippen molar-refractivity contribution in [2.75, 3.05) is 7.11 Å². The Morgan fingerprint density at radius 3 is 2.82 bits per heavy atom. The molecule has 0 fully saturated rings. The van der Waals surface area contributed by atoms with Crippen LogP contribution in [0.25, 0.3) is 10.9 Å². The van der Waals surface area contributed by atoms with Gasteiger partial charge in [-0.3, -0.25) is 0 Å². The molecule has 1 aromatic carbocycles. The Labute approximate surface area is 122 Å². The van der Waals surface area contributed by atoms with E-state index < -0.39 is 17.9 Å². The smallest absolute Gasteiger partial charge is 0.340 e. The molecule has 22 heavy (non-hydrogen) atoms. The highest BCUT2D eigenvalue weighted by atomic mass is 19.1. The van der Waals surface area contributed by atoms with Gasteiger partial charge >= 0.3 is 12.0 Å². The predicted octanol–water partition coefficient (Wildman–Crippen LogP) is 2.34. The Morgan fingerprint density at radius 2 is 2.09 bits per heavy atom. The molecule has 0 N–H and O–H groups in total. The van der Waals surface area contributed by atoms with Crippen molar-refractivity contribution in [1.29, 1.82) is 0 Å². The Bertz CT molecular complexity index is 864. The number of aromatic nitrogens is 3. The minimum atomic E-state index is -0.984. The van der Waals surface area contributed by atoms with E-state index in [0.29, 0.717) is 5.39 Å². The molecule has 0 atom stereocenters. The van der Waals surface area contributed by atoms with Crippen LogP contribution in [0, 0.1) is 11.9 Å². The predicted molar refractivity (Wildman–Crippen MR) is 71.3 cm³/mol. The number of fused-ring (bicyclic) bond motifs is 1. The van der Waals surface area contributed by atoms with Gasteiger partial charge in [0, 0.05) is 17.6 Å². The van der Waals surface area contributed by atoms with Crippen LogP contribution in [-0.2, 0) is 4.74 Å². The average molecular weight is 305 g/mol. The fourth-order valence-corrected chi connectivity index (χ4v) is 2.02. The Kier molecular flexibility index (Phi) is 3.42. The molecule has 0 saturated carbocycles. The van der Waals surface area contributed by atoms with Crippen molar-refractivity contribution in [3.63, 3.8) is 0 Å². The normalized spacial score (nSPS) is 10.7. The molecular formula is C14H9F2N3O3. The molecule has 112 valence electrons. The third-order valence-corrected chi connectivity index (χ3v) is 2.94. The van der Waals surface area contributed by atoms with E-state index in [1.807, 2.05) is 0 Å². The molecule has 0 saturated heterocycles. The van der Waals surface area contributed by atoms with Gasteiger partial charge in [0.1, 0.15) is 5.52 Å². The quantitative estimate of drug-likeness (QED) is 0.549. The molecular weight excluding hydrogens is 296 g/mol. The average Bonchev–Trinajstić information content (AvgIpc) is 2.86. The zero-order chi connectivity index (χ0) is 15.7. The first-order valence-corrected chi connectivity index (χ1v) is 6.15. The highest BCUT2D eigenvalue weighted by molar-refractivity contribution is 6.04. The van der Waals surface area contributed by atoms with E-state index in [9.17, 15) is 13.6 Å². The number of methoxy groups -OCH3 is 1. The van der Waals surface area contributed by atoms with Crippen LogP contribution < -0.4 is 4.84 Å². The number of nitrogens with zero attached hydrogens (tertiary/aromatic N) is 3. The van der Waals surface area contributed by atoms with E-state index in [1.54, 1.807) is 6.07 Å². The molecule has 0 aliphatic heterocycles. The summed E-state index contributed by atoms with van der Waals surface area (Å²) in [5.74, 6) is -1.39. The van der Waals surface area contributed by atoms with Crippen LogP contribution >= 0.6 is 0 Å². The molecule has 3 aromatic rings. The lowest BCUT2D eigenvalue weighted by molar-refractivity contribution is 0.0601. The molecule has 0 spiro atoms. The number of hydrogen-bond acceptors (Lipinski definition) is 5. The van der Waals surface area contributed by atoms with Crippen molar-refractivity contribution in [3.8, 4) is 5.88 Å². The number of hydrogen-bond donors (Lipinski definition) is 0. The lowest BCUT2D eigenvalue weighted by Gasteiger charge is -2.06. The van der Waals surface area contributed by atoms with Gasteiger partial charge in [0.25, 0.3) is 5.88 Å². The van der Waals surface area contributed by atoms with Crippen molar-refractivity contribution in [2.45, 2.75) is 0 Å². The monoisotopic (exact) mass is 305 g/mol. The van der Waals surface area contributed by atoms with E-state index in [1.165, 1.54) is 31.5 Å². The number of benzene rings is 1. The molecule has 0 aliphatic rings. The summed E-state index contributed by atoms with van der Waals surface area (Å²) in [5.41, 5.74) is 0.133. The largest absolute Gasteiger partial charge is 0.465 e. The van der Waals surface area contributed by atoms with Crippen molar-refractivity contribution < 1.29 is 23.1 Å². The maximum absolute atomic E-state index is 14.0. The van der Waals surface area contributed by atoms with Gasteiger partial charge in [0.05, 0.1) is 18.9 Å². The van der Waals surface area contributed by atoms with Crippen molar-refractivity contribution in [2.24, 2.45) is 0 Å². The van der Waals surface area contributed by atoms with E-state index in [-0.39, 0.29) is 17.0 Å². The van der Waals surface area contributed by atoms with Crippen LogP contribution in [-0.4, -0.2) is 27.8 Å². The second-order valence-electron chi connectivity index (χ2n) is 4.25. The number of halogens is 2. The van der Waals surface area contributed by atoms with Gasteiger partial charge in [-0.15, -0.1) is 0 Å². The van der Waals surface area contributed by atoms with E-state index in [2.05, 4.69) is 14.7 Å². The zero-order valence-electron chi connectivity index (χ0n) is 11.3. The first-order valence-electron chi connectivity index (χ1n) is 6.15. The van der Waals surface area contributed by atoms with Crippen molar-refractivity contribution in [3.05, 3.63) is 54.1 Å². The third kappa shape index (κ3) is 2.34. The summed E-state index contributed by atoms with van der Waals surface area (Å²) in [4.78, 5) is 23.8. The van der Waals surface area contributed by atoms with Crippen molar-refractivity contribution >= 4 is 16.9 Å². The minimum absolute atomic E-state index is 0.0157. The lowest BCUT2D eigenvalue weighted by atomic mass is 10.2. The summed E-state index contributed by atoms with van der Waals surface area (Å²) in [6, 6.07) is 5.52. The van der Waals surface area contributed by atoms with E-state index in [0.717, 1.165) is 10.9 Å². The Morgan fingerprint density at radius 1 is 1.27 bits per heavy atom. The first-order chi connectivity index (χ1) is 10.6. The van der Waals surface area contributed by atoms with Gasteiger partial charge in [0.2, 0.25) is 0 Å². The summed E-state index contributed by atoms with van der Waals surface area (Å²) in [5, 5.41) is 0.307. The third-order valence-electron chi connectivity index (χ3n) is 2.94.